The number of oxazole rings is 1. The van der Waals surface area contributed by atoms with Crippen molar-refractivity contribution in [1.82, 2.24) is 10.3 Å². The number of carboxylic acids is 1. The van der Waals surface area contributed by atoms with Crippen LogP contribution in [0.25, 0.3) is 11.5 Å². The summed E-state index contributed by atoms with van der Waals surface area (Å²) >= 11 is 3.41. The molecule has 0 aliphatic heterocycles. The maximum atomic E-state index is 11.7. The normalized spacial score (nSPS) is 11.8. The van der Waals surface area contributed by atoms with Crippen LogP contribution in [0.1, 0.15) is 22.6 Å². The minimum atomic E-state index is -0.875. The maximum absolute atomic E-state index is 11.7. The van der Waals surface area contributed by atoms with Crippen LogP contribution in [0.4, 0.5) is 0 Å². The van der Waals surface area contributed by atoms with Crippen LogP contribution in [-0.2, 0) is 24.2 Å². The molecule has 0 aliphatic carbocycles. The molecular weight excluding hydrogens is 508 g/mol. The molecule has 2 N–H and O–H groups in total. The van der Waals surface area contributed by atoms with Crippen molar-refractivity contribution < 1.29 is 19.1 Å². The van der Waals surface area contributed by atoms with E-state index in [1.807, 2.05) is 85.8 Å². The van der Waals surface area contributed by atoms with Crippen molar-refractivity contribution in [2.75, 3.05) is 6.61 Å². The molecule has 4 rings (SSSR count). The van der Waals surface area contributed by atoms with Crippen molar-refractivity contribution in [2.24, 2.45) is 0 Å². The van der Waals surface area contributed by atoms with E-state index in [2.05, 4.69) is 26.2 Å². The molecule has 0 radical (unpaired) electrons. The summed E-state index contributed by atoms with van der Waals surface area (Å²) in [7, 11) is 0. The summed E-state index contributed by atoms with van der Waals surface area (Å²) in [5.41, 5.74) is 3.78. The van der Waals surface area contributed by atoms with E-state index in [1.165, 1.54) is 0 Å². The fourth-order valence-corrected chi connectivity index (χ4v) is 3.94. The van der Waals surface area contributed by atoms with Gasteiger partial charge in [0.1, 0.15) is 17.6 Å². The Morgan fingerprint density at radius 2 is 1.71 bits per heavy atom. The molecule has 180 valence electrons. The van der Waals surface area contributed by atoms with E-state index in [1.54, 1.807) is 0 Å². The number of rotatable bonds is 11. The number of aryl methyl sites for hydroxylation is 1. The number of carbonyl (C=O) groups is 1. The number of nitrogens with one attached hydrogen (secondary N) is 1. The number of aliphatic carboxylic acids is 1. The van der Waals surface area contributed by atoms with Crippen LogP contribution in [0, 0.1) is 6.92 Å². The van der Waals surface area contributed by atoms with Gasteiger partial charge in [0.25, 0.3) is 0 Å². The monoisotopic (exact) mass is 534 g/mol. The zero-order valence-electron chi connectivity index (χ0n) is 19.4. The predicted molar refractivity (Wildman–Crippen MR) is 138 cm³/mol. The van der Waals surface area contributed by atoms with E-state index >= 15 is 0 Å². The van der Waals surface area contributed by atoms with Crippen molar-refractivity contribution in [3.8, 4) is 17.2 Å². The first-order valence-corrected chi connectivity index (χ1v) is 12.2. The van der Waals surface area contributed by atoms with E-state index in [0.29, 0.717) is 31.9 Å². The molecule has 0 aliphatic rings. The molecule has 3 aromatic carbocycles. The molecule has 35 heavy (non-hydrogen) atoms. The molecule has 4 aromatic rings. The van der Waals surface area contributed by atoms with Crippen molar-refractivity contribution >= 4 is 21.9 Å². The van der Waals surface area contributed by atoms with Crippen LogP contribution >= 0.6 is 15.9 Å². The molecule has 0 unspecified atom stereocenters. The predicted octanol–water partition coefficient (Wildman–Crippen LogP) is 5.82. The molecule has 6 nitrogen and oxygen atoms in total. The van der Waals surface area contributed by atoms with Crippen LogP contribution in [0.2, 0.25) is 0 Å². The highest BCUT2D eigenvalue weighted by Crippen LogP contribution is 2.22. The average Bonchev–Trinajstić information content (AvgIpc) is 3.24. The number of nitrogens with zero attached hydrogens (tertiary/aromatic N) is 1. The number of halogens is 1. The molecule has 0 amide bonds. The summed E-state index contributed by atoms with van der Waals surface area (Å²) < 4.78 is 12.7. The van der Waals surface area contributed by atoms with E-state index < -0.39 is 12.0 Å². The van der Waals surface area contributed by atoms with Gasteiger partial charge in [0.05, 0.1) is 12.3 Å². The van der Waals surface area contributed by atoms with E-state index in [-0.39, 0.29) is 0 Å². The van der Waals surface area contributed by atoms with Gasteiger partial charge < -0.3 is 19.6 Å². The van der Waals surface area contributed by atoms with Crippen LogP contribution in [0.15, 0.2) is 87.8 Å². The largest absolute Gasteiger partial charge is 0.493 e. The number of hydrogen-bond acceptors (Lipinski definition) is 5. The Bertz CT molecular complexity index is 1240. The molecule has 1 aromatic heterocycles. The van der Waals surface area contributed by atoms with Gasteiger partial charge in [0.2, 0.25) is 5.89 Å². The Morgan fingerprint density at radius 1 is 1.03 bits per heavy atom. The molecule has 0 saturated carbocycles. The highest BCUT2D eigenvalue weighted by Gasteiger charge is 2.17. The van der Waals surface area contributed by atoms with Crippen LogP contribution in [0.5, 0.6) is 5.75 Å². The Hall–Kier alpha value is -3.42. The van der Waals surface area contributed by atoms with Gasteiger partial charge in [-0.25, -0.2) is 4.98 Å². The quantitative estimate of drug-likeness (QED) is 0.252. The third-order valence-corrected chi connectivity index (χ3v) is 6.18. The fraction of sp³-hybridized carbons (Fsp3) is 0.214. The Labute approximate surface area is 213 Å². The summed E-state index contributed by atoms with van der Waals surface area (Å²) in [4.78, 5) is 16.3. The zero-order valence-corrected chi connectivity index (χ0v) is 21.0. The van der Waals surface area contributed by atoms with E-state index in [9.17, 15) is 9.90 Å². The van der Waals surface area contributed by atoms with Crippen molar-refractivity contribution in [3.63, 3.8) is 0 Å². The van der Waals surface area contributed by atoms with Crippen molar-refractivity contribution in [3.05, 3.63) is 106 Å². The molecule has 0 bridgehead atoms. The highest BCUT2D eigenvalue weighted by molar-refractivity contribution is 9.10. The second kappa shape index (κ2) is 11.8. The summed E-state index contributed by atoms with van der Waals surface area (Å²) in [5.74, 6) is 1.26. The molecule has 0 spiro atoms. The molecule has 0 saturated heterocycles. The van der Waals surface area contributed by atoms with Crippen molar-refractivity contribution in [1.29, 1.82) is 0 Å². The van der Waals surface area contributed by atoms with Crippen LogP contribution in [0.3, 0.4) is 0 Å². The number of benzene rings is 3. The minimum Gasteiger partial charge on any atom is -0.493 e. The first-order chi connectivity index (χ1) is 17.0. The number of hydrogen-bond donors (Lipinski definition) is 2. The highest BCUT2D eigenvalue weighted by atomic mass is 79.9. The number of aromatic nitrogens is 1. The van der Waals surface area contributed by atoms with Gasteiger partial charge in [0, 0.05) is 23.0 Å². The molecule has 1 atom stereocenters. The first kappa shape index (κ1) is 24.7. The van der Waals surface area contributed by atoms with E-state index in [0.717, 1.165) is 38.4 Å². The van der Waals surface area contributed by atoms with Gasteiger partial charge in [-0.15, -0.1) is 0 Å². The maximum Gasteiger partial charge on any atom is 0.321 e. The molecular formula is C28H27BrN2O4. The standard InChI is InChI=1S/C28H27BrN2O4/c1-19-25(31-27(35-19)22-5-3-2-4-6-22)15-16-34-24-13-9-20(10-14-24)17-26(28(32)33)30-18-21-7-11-23(29)12-8-21/h2-14,26,30H,15-18H2,1H3,(H,32,33)/t26-/m0/s1. The lowest BCUT2D eigenvalue weighted by molar-refractivity contribution is -0.139. The lowest BCUT2D eigenvalue weighted by Crippen LogP contribution is -2.38. The first-order valence-electron chi connectivity index (χ1n) is 11.4. The number of ether oxygens (including phenoxy) is 1. The second-order valence-corrected chi connectivity index (χ2v) is 9.15. The second-order valence-electron chi connectivity index (χ2n) is 8.23. The van der Waals surface area contributed by atoms with Gasteiger partial charge in [-0.3, -0.25) is 4.79 Å². The SMILES string of the molecule is Cc1oc(-c2ccccc2)nc1CCOc1ccc(C[C@H](NCc2ccc(Br)cc2)C(=O)O)cc1. The summed E-state index contributed by atoms with van der Waals surface area (Å²) in [6.45, 7) is 2.86. The fourth-order valence-electron chi connectivity index (χ4n) is 3.68. The Balaban J connectivity index is 1.28. The third-order valence-electron chi connectivity index (χ3n) is 5.65. The summed E-state index contributed by atoms with van der Waals surface area (Å²) in [6.07, 6.45) is 1.01. The van der Waals surface area contributed by atoms with Gasteiger partial charge in [0.15, 0.2) is 0 Å². The molecule has 1 heterocycles. The van der Waals surface area contributed by atoms with E-state index in [4.69, 9.17) is 9.15 Å². The number of carboxylic acid groups (broad SMARTS) is 1. The van der Waals surface area contributed by atoms with Gasteiger partial charge >= 0.3 is 5.97 Å². The van der Waals surface area contributed by atoms with Crippen LogP contribution in [-0.4, -0.2) is 28.7 Å². The van der Waals surface area contributed by atoms with Gasteiger partial charge in [-0.05, 0) is 60.9 Å². The summed E-state index contributed by atoms with van der Waals surface area (Å²) in [6, 6.07) is 24.5. The van der Waals surface area contributed by atoms with Crippen LogP contribution < -0.4 is 10.1 Å². The van der Waals surface area contributed by atoms with Crippen molar-refractivity contribution in [2.45, 2.75) is 32.4 Å². The average molecular weight is 535 g/mol. The zero-order chi connectivity index (χ0) is 24.6. The minimum absolute atomic E-state index is 0.381. The third kappa shape index (κ3) is 7.04. The lowest BCUT2D eigenvalue weighted by Gasteiger charge is -2.15. The van der Waals surface area contributed by atoms with Gasteiger partial charge in [-0.1, -0.05) is 58.4 Å². The molecule has 7 heteroatoms. The smallest absolute Gasteiger partial charge is 0.321 e. The summed E-state index contributed by atoms with van der Waals surface area (Å²) in [5, 5.41) is 12.8. The Kier molecular flexibility index (Phi) is 8.34. The van der Waals surface area contributed by atoms with Gasteiger partial charge in [-0.2, -0.15) is 0 Å². The Morgan fingerprint density at radius 3 is 2.40 bits per heavy atom. The lowest BCUT2D eigenvalue weighted by atomic mass is 10.1. The molecule has 0 fully saturated rings. The topological polar surface area (TPSA) is 84.6 Å².